The molecule has 0 saturated carbocycles. The van der Waals surface area contributed by atoms with Crippen LogP contribution in [0.2, 0.25) is 5.02 Å². The van der Waals surface area contributed by atoms with E-state index in [1.807, 2.05) is 12.1 Å². The highest BCUT2D eigenvalue weighted by Crippen LogP contribution is 2.26. The first kappa shape index (κ1) is 11.8. The molecule has 1 unspecified atom stereocenters. The standard InChI is InChI=1S/C12H11ClN2O2/c1-7(8(2)16)12-14-11(15-17-12)9-5-3-4-6-10(9)13/h3-7H,1-2H3. The van der Waals surface area contributed by atoms with Crippen LogP contribution in [-0.4, -0.2) is 15.9 Å². The number of ketones is 1. The van der Waals surface area contributed by atoms with Gasteiger partial charge >= 0.3 is 0 Å². The summed E-state index contributed by atoms with van der Waals surface area (Å²) in [4.78, 5) is 15.4. The van der Waals surface area contributed by atoms with Gasteiger partial charge in [0.05, 0.1) is 10.9 Å². The molecule has 2 aromatic rings. The number of benzene rings is 1. The van der Waals surface area contributed by atoms with Gasteiger partial charge in [0.15, 0.2) is 0 Å². The zero-order valence-electron chi connectivity index (χ0n) is 9.48. The fourth-order valence-electron chi connectivity index (χ4n) is 1.34. The van der Waals surface area contributed by atoms with Crippen molar-refractivity contribution in [2.75, 3.05) is 0 Å². The predicted octanol–water partition coefficient (Wildman–Crippen LogP) is 3.08. The lowest BCUT2D eigenvalue weighted by Gasteiger charge is -1.98. The normalized spacial score (nSPS) is 12.4. The van der Waals surface area contributed by atoms with Gasteiger partial charge in [-0.3, -0.25) is 4.79 Å². The summed E-state index contributed by atoms with van der Waals surface area (Å²) < 4.78 is 5.06. The number of hydrogen-bond acceptors (Lipinski definition) is 4. The van der Waals surface area contributed by atoms with Gasteiger partial charge in [-0.1, -0.05) is 28.9 Å². The Morgan fingerprint density at radius 2 is 2.12 bits per heavy atom. The molecule has 0 spiro atoms. The van der Waals surface area contributed by atoms with E-state index in [4.69, 9.17) is 16.1 Å². The summed E-state index contributed by atoms with van der Waals surface area (Å²) in [7, 11) is 0. The highest BCUT2D eigenvalue weighted by atomic mass is 35.5. The quantitative estimate of drug-likeness (QED) is 0.840. The number of nitrogens with zero attached hydrogens (tertiary/aromatic N) is 2. The number of carbonyl (C=O) groups is 1. The topological polar surface area (TPSA) is 56.0 Å². The van der Waals surface area contributed by atoms with Gasteiger partial charge in [-0.25, -0.2) is 0 Å². The summed E-state index contributed by atoms with van der Waals surface area (Å²) in [6.45, 7) is 3.22. The molecule has 0 aliphatic heterocycles. The van der Waals surface area contributed by atoms with Crippen molar-refractivity contribution in [1.82, 2.24) is 10.1 Å². The molecule has 0 aliphatic carbocycles. The summed E-state index contributed by atoms with van der Waals surface area (Å²) in [5.41, 5.74) is 0.694. The second-order valence-corrected chi connectivity index (χ2v) is 4.18. The van der Waals surface area contributed by atoms with Crippen LogP contribution in [0.4, 0.5) is 0 Å². The number of hydrogen-bond donors (Lipinski definition) is 0. The molecule has 0 fully saturated rings. The first-order chi connectivity index (χ1) is 8.09. The molecule has 0 bridgehead atoms. The van der Waals surface area contributed by atoms with Gasteiger partial charge in [0.2, 0.25) is 11.7 Å². The molecular weight excluding hydrogens is 240 g/mol. The van der Waals surface area contributed by atoms with Crippen LogP contribution in [0, 0.1) is 0 Å². The van der Waals surface area contributed by atoms with E-state index in [1.165, 1.54) is 6.92 Å². The van der Waals surface area contributed by atoms with Crippen molar-refractivity contribution in [3.63, 3.8) is 0 Å². The molecule has 0 amide bonds. The van der Waals surface area contributed by atoms with Gasteiger partial charge in [-0.15, -0.1) is 0 Å². The van der Waals surface area contributed by atoms with Crippen LogP contribution in [0.25, 0.3) is 11.4 Å². The van der Waals surface area contributed by atoms with Gasteiger partial charge in [0.25, 0.3) is 0 Å². The Morgan fingerprint density at radius 1 is 1.41 bits per heavy atom. The van der Waals surface area contributed by atoms with Crippen LogP contribution in [0.5, 0.6) is 0 Å². The van der Waals surface area contributed by atoms with Crippen LogP contribution >= 0.6 is 11.6 Å². The Balaban J connectivity index is 2.37. The smallest absolute Gasteiger partial charge is 0.237 e. The molecule has 2 rings (SSSR count). The van der Waals surface area contributed by atoms with Gasteiger partial charge in [-0.2, -0.15) is 4.98 Å². The number of Topliss-reactive ketones (excluding diaryl/α,β-unsaturated/α-hetero) is 1. The zero-order valence-corrected chi connectivity index (χ0v) is 10.2. The SMILES string of the molecule is CC(=O)C(C)c1nc(-c2ccccc2Cl)no1. The Morgan fingerprint density at radius 3 is 2.76 bits per heavy atom. The first-order valence-electron chi connectivity index (χ1n) is 5.18. The van der Waals surface area contributed by atoms with Crippen molar-refractivity contribution >= 4 is 17.4 Å². The maximum atomic E-state index is 11.2. The lowest BCUT2D eigenvalue weighted by molar-refractivity contribution is -0.118. The van der Waals surface area contributed by atoms with Crippen molar-refractivity contribution in [3.05, 3.63) is 35.2 Å². The predicted molar refractivity (Wildman–Crippen MR) is 63.8 cm³/mol. The largest absolute Gasteiger partial charge is 0.338 e. The molecule has 1 atom stereocenters. The number of rotatable bonds is 3. The second-order valence-electron chi connectivity index (χ2n) is 3.77. The van der Waals surface area contributed by atoms with Crippen molar-refractivity contribution < 1.29 is 9.32 Å². The van der Waals surface area contributed by atoms with Crippen molar-refractivity contribution in [2.45, 2.75) is 19.8 Å². The van der Waals surface area contributed by atoms with Crippen molar-refractivity contribution in [3.8, 4) is 11.4 Å². The highest BCUT2D eigenvalue weighted by Gasteiger charge is 2.19. The monoisotopic (exact) mass is 250 g/mol. The van der Waals surface area contributed by atoms with Gasteiger partial charge in [0, 0.05) is 5.56 Å². The molecule has 1 aromatic carbocycles. The number of halogens is 1. The highest BCUT2D eigenvalue weighted by molar-refractivity contribution is 6.33. The van der Waals surface area contributed by atoms with E-state index in [0.717, 1.165) is 0 Å². The average Bonchev–Trinajstić information content (AvgIpc) is 2.77. The van der Waals surface area contributed by atoms with E-state index in [2.05, 4.69) is 10.1 Å². The second kappa shape index (κ2) is 4.67. The Hall–Kier alpha value is -1.68. The van der Waals surface area contributed by atoms with E-state index in [9.17, 15) is 4.79 Å². The third kappa shape index (κ3) is 2.36. The van der Waals surface area contributed by atoms with Gasteiger partial charge in [0.1, 0.15) is 5.78 Å². The first-order valence-corrected chi connectivity index (χ1v) is 5.56. The molecule has 0 N–H and O–H groups in total. The number of carbonyl (C=O) groups excluding carboxylic acids is 1. The summed E-state index contributed by atoms with van der Waals surface area (Å²) in [6, 6.07) is 7.22. The summed E-state index contributed by atoms with van der Waals surface area (Å²) >= 11 is 6.02. The molecule has 88 valence electrons. The maximum Gasteiger partial charge on any atom is 0.237 e. The molecule has 17 heavy (non-hydrogen) atoms. The Kier molecular flexibility index (Phi) is 3.24. The lowest BCUT2D eigenvalue weighted by Crippen LogP contribution is -2.04. The average molecular weight is 251 g/mol. The molecule has 4 nitrogen and oxygen atoms in total. The van der Waals surface area contributed by atoms with Gasteiger partial charge < -0.3 is 4.52 Å². The molecule has 1 heterocycles. The van der Waals surface area contributed by atoms with E-state index < -0.39 is 5.92 Å². The Bertz CT molecular complexity index is 551. The third-order valence-electron chi connectivity index (χ3n) is 2.54. The molecule has 1 aromatic heterocycles. The summed E-state index contributed by atoms with van der Waals surface area (Å²) in [5, 5.41) is 4.38. The fraction of sp³-hybridized carbons (Fsp3) is 0.250. The maximum absolute atomic E-state index is 11.2. The molecule has 0 aliphatic rings. The van der Waals surface area contributed by atoms with Crippen molar-refractivity contribution in [1.29, 1.82) is 0 Å². The minimum Gasteiger partial charge on any atom is -0.338 e. The van der Waals surface area contributed by atoms with E-state index in [0.29, 0.717) is 22.3 Å². The zero-order chi connectivity index (χ0) is 12.4. The van der Waals surface area contributed by atoms with Crippen LogP contribution in [0.1, 0.15) is 25.7 Å². The molecule has 5 heteroatoms. The Labute approximate surface area is 104 Å². The molecule has 0 radical (unpaired) electrons. The fourth-order valence-corrected chi connectivity index (χ4v) is 1.56. The minimum absolute atomic E-state index is 0.0145. The summed E-state index contributed by atoms with van der Waals surface area (Å²) in [6.07, 6.45) is 0. The van der Waals surface area contributed by atoms with E-state index in [1.54, 1.807) is 19.1 Å². The minimum atomic E-state index is -0.390. The third-order valence-corrected chi connectivity index (χ3v) is 2.87. The van der Waals surface area contributed by atoms with Crippen LogP contribution < -0.4 is 0 Å². The summed E-state index contributed by atoms with van der Waals surface area (Å²) in [5.74, 6) is 0.309. The van der Waals surface area contributed by atoms with E-state index in [-0.39, 0.29) is 5.78 Å². The van der Waals surface area contributed by atoms with Crippen LogP contribution in [0.3, 0.4) is 0 Å². The number of aromatic nitrogens is 2. The van der Waals surface area contributed by atoms with Crippen LogP contribution in [-0.2, 0) is 4.79 Å². The molecule has 0 saturated heterocycles. The van der Waals surface area contributed by atoms with Crippen LogP contribution in [0.15, 0.2) is 28.8 Å². The lowest BCUT2D eigenvalue weighted by atomic mass is 10.1. The van der Waals surface area contributed by atoms with Crippen molar-refractivity contribution in [2.24, 2.45) is 0 Å². The van der Waals surface area contributed by atoms with Gasteiger partial charge in [-0.05, 0) is 26.0 Å². The molecular formula is C12H11ClN2O2. The van der Waals surface area contributed by atoms with E-state index >= 15 is 0 Å².